The average Bonchev–Trinajstić information content (AvgIpc) is 3.57. The van der Waals surface area contributed by atoms with Crippen molar-refractivity contribution in [3.8, 4) is 12.3 Å². The van der Waals surface area contributed by atoms with Crippen LogP contribution in [-0.2, 0) is 20.8 Å². The molecule has 1 aromatic carbocycles. The first kappa shape index (κ1) is 37.9. The van der Waals surface area contributed by atoms with E-state index < -0.39 is 42.0 Å². The van der Waals surface area contributed by atoms with Gasteiger partial charge in [-0.2, -0.15) is 0 Å². The van der Waals surface area contributed by atoms with Crippen molar-refractivity contribution >= 4 is 29.5 Å². The molecule has 0 bridgehead atoms. The van der Waals surface area contributed by atoms with Gasteiger partial charge in [-0.15, -0.1) is 24.1 Å². The summed E-state index contributed by atoms with van der Waals surface area (Å²) in [4.78, 5) is 44.8. The number of hydrogen-bond donors (Lipinski definition) is 4. The highest BCUT2D eigenvalue weighted by Crippen LogP contribution is 2.29. The van der Waals surface area contributed by atoms with Crippen LogP contribution in [0.2, 0.25) is 0 Å². The quantitative estimate of drug-likeness (QED) is 0.179. The molecule has 2 aliphatic rings. The Morgan fingerprint density at radius 3 is 2.43 bits per heavy atom. The number of amides is 3. The van der Waals surface area contributed by atoms with Crippen LogP contribution in [0.5, 0.6) is 0 Å². The van der Waals surface area contributed by atoms with Gasteiger partial charge < -0.3 is 25.7 Å². The number of terminal acetylenes is 1. The standard InChI is InChI=1S/C36H56N4O5S/c1-5-12-30(36(45)38-31(23-28-15-10-7-11-16-28)34(43)32(41)21-26(2)3)37-35(44)29(22-27-13-8-6-9-14-27)24-33(42)39(4)17-18-40-19-20-46-25-40/h1,6,8-9,13-14,26,28-32,34,41,43H,7,10-12,15-25H2,2-4H3,(H,37,44)(H,38,45)/t29?,30-,31?,32-,34?/m0/s1. The molecule has 5 atom stereocenters. The molecule has 10 heteroatoms. The van der Waals surface area contributed by atoms with E-state index in [1.807, 2.05) is 55.9 Å². The Kier molecular flexibility index (Phi) is 16.4. The van der Waals surface area contributed by atoms with E-state index in [0.29, 0.717) is 31.7 Å². The van der Waals surface area contributed by atoms with Gasteiger partial charge in [-0.05, 0) is 36.7 Å². The van der Waals surface area contributed by atoms with Crippen molar-refractivity contribution in [1.29, 1.82) is 0 Å². The molecule has 9 nitrogen and oxygen atoms in total. The van der Waals surface area contributed by atoms with E-state index in [9.17, 15) is 24.6 Å². The molecule has 1 heterocycles. The first-order valence-corrected chi connectivity index (χ1v) is 18.2. The summed E-state index contributed by atoms with van der Waals surface area (Å²) in [5.74, 6) is 3.34. The minimum absolute atomic E-state index is 0.000778. The van der Waals surface area contributed by atoms with Crippen LogP contribution >= 0.6 is 11.8 Å². The average molecular weight is 657 g/mol. The number of nitrogens with zero attached hydrogens (tertiary/aromatic N) is 2. The molecule has 0 radical (unpaired) electrons. The fourth-order valence-electron chi connectivity index (χ4n) is 6.42. The molecule has 3 unspecified atom stereocenters. The van der Waals surface area contributed by atoms with Crippen LogP contribution in [0, 0.1) is 30.1 Å². The van der Waals surface area contributed by atoms with Crippen molar-refractivity contribution in [2.45, 2.75) is 102 Å². The summed E-state index contributed by atoms with van der Waals surface area (Å²) < 4.78 is 0. The van der Waals surface area contributed by atoms with E-state index in [4.69, 9.17) is 6.42 Å². The van der Waals surface area contributed by atoms with E-state index in [-0.39, 0.29) is 24.7 Å². The monoisotopic (exact) mass is 656 g/mol. The molecule has 0 aromatic heterocycles. The number of aliphatic hydroxyl groups is 2. The number of benzene rings is 1. The first-order valence-electron chi connectivity index (χ1n) is 17.1. The van der Waals surface area contributed by atoms with E-state index in [0.717, 1.165) is 56.0 Å². The van der Waals surface area contributed by atoms with Crippen molar-refractivity contribution in [3.05, 3.63) is 35.9 Å². The fourth-order valence-corrected chi connectivity index (χ4v) is 7.46. The fraction of sp³-hybridized carbons (Fsp3) is 0.694. The topological polar surface area (TPSA) is 122 Å². The van der Waals surface area contributed by atoms with Crippen LogP contribution in [0.1, 0.15) is 77.2 Å². The van der Waals surface area contributed by atoms with Gasteiger partial charge in [0.15, 0.2) is 0 Å². The maximum Gasteiger partial charge on any atom is 0.243 e. The van der Waals surface area contributed by atoms with Gasteiger partial charge in [-0.1, -0.05) is 76.3 Å². The number of aliphatic hydroxyl groups excluding tert-OH is 2. The number of likely N-dealkylation sites (N-methyl/N-ethyl adjacent to an activating group) is 1. The number of nitrogens with one attached hydrogen (secondary N) is 2. The molecule has 46 heavy (non-hydrogen) atoms. The summed E-state index contributed by atoms with van der Waals surface area (Å²) in [5.41, 5.74) is 0.917. The molecule has 1 aliphatic carbocycles. The van der Waals surface area contributed by atoms with E-state index in [1.165, 1.54) is 6.42 Å². The molecule has 1 saturated heterocycles. The molecule has 4 N–H and O–H groups in total. The molecule has 256 valence electrons. The third-order valence-corrected chi connectivity index (χ3v) is 10.3. The molecule has 2 fully saturated rings. The van der Waals surface area contributed by atoms with E-state index in [1.54, 1.807) is 11.9 Å². The van der Waals surface area contributed by atoms with Crippen LogP contribution in [0.4, 0.5) is 0 Å². The zero-order chi connectivity index (χ0) is 33.5. The Morgan fingerprint density at radius 1 is 1.09 bits per heavy atom. The van der Waals surface area contributed by atoms with Gasteiger partial charge in [0.1, 0.15) is 12.1 Å². The van der Waals surface area contributed by atoms with Crippen LogP contribution in [0.25, 0.3) is 0 Å². The maximum atomic E-state index is 13.8. The second kappa shape index (κ2) is 19.9. The molecule has 1 aromatic rings. The Bertz CT molecular complexity index is 1120. The third kappa shape index (κ3) is 12.9. The van der Waals surface area contributed by atoms with E-state index in [2.05, 4.69) is 21.5 Å². The summed E-state index contributed by atoms with van der Waals surface area (Å²) >= 11 is 1.88. The number of hydrogen-bond acceptors (Lipinski definition) is 7. The van der Waals surface area contributed by atoms with Gasteiger partial charge in [0.25, 0.3) is 0 Å². The van der Waals surface area contributed by atoms with Crippen molar-refractivity contribution in [1.82, 2.24) is 20.4 Å². The molecule has 1 aliphatic heterocycles. The number of carbonyl (C=O) groups excluding carboxylic acids is 3. The van der Waals surface area contributed by atoms with Crippen molar-refractivity contribution in [3.63, 3.8) is 0 Å². The minimum Gasteiger partial charge on any atom is -0.390 e. The first-order chi connectivity index (χ1) is 22.1. The largest absolute Gasteiger partial charge is 0.390 e. The lowest BCUT2D eigenvalue weighted by Gasteiger charge is -2.33. The third-order valence-electron chi connectivity index (χ3n) is 9.23. The normalized spacial score (nSPS) is 19.1. The SMILES string of the molecule is C#CC[C@H](NC(=O)C(CC(=O)N(C)CCN1CCSC1)Cc1ccccc1)C(=O)NC(CC1CCCCC1)C(O)[C@@H](O)CC(C)C. The molecule has 3 rings (SSSR count). The summed E-state index contributed by atoms with van der Waals surface area (Å²) in [6.45, 7) is 6.33. The predicted octanol–water partition coefficient (Wildman–Crippen LogP) is 3.43. The van der Waals surface area contributed by atoms with Crippen LogP contribution in [0.3, 0.4) is 0 Å². The molecule has 3 amide bonds. The second-order valence-corrected chi connectivity index (χ2v) is 14.6. The summed E-state index contributed by atoms with van der Waals surface area (Å²) in [5, 5.41) is 27.8. The minimum atomic E-state index is -1.14. The Morgan fingerprint density at radius 2 is 1.80 bits per heavy atom. The van der Waals surface area contributed by atoms with Gasteiger partial charge in [-0.3, -0.25) is 19.3 Å². The van der Waals surface area contributed by atoms with E-state index >= 15 is 0 Å². The highest BCUT2D eigenvalue weighted by atomic mass is 32.2. The van der Waals surface area contributed by atoms with Gasteiger partial charge in [0, 0.05) is 51.2 Å². The van der Waals surface area contributed by atoms with Crippen LogP contribution < -0.4 is 10.6 Å². The lowest BCUT2D eigenvalue weighted by molar-refractivity contribution is -0.137. The summed E-state index contributed by atoms with van der Waals surface area (Å²) in [7, 11) is 1.77. The van der Waals surface area contributed by atoms with Gasteiger partial charge in [-0.25, -0.2) is 0 Å². The van der Waals surface area contributed by atoms with Crippen LogP contribution in [0.15, 0.2) is 30.3 Å². The van der Waals surface area contributed by atoms with Gasteiger partial charge in [0.05, 0.1) is 18.1 Å². The highest BCUT2D eigenvalue weighted by molar-refractivity contribution is 7.99. The zero-order valence-electron chi connectivity index (χ0n) is 28.0. The van der Waals surface area contributed by atoms with Gasteiger partial charge in [0.2, 0.25) is 17.7 Å². The molecular weight excluding hydrogens is 600 g/mol. The Balaban J connectivity index is 1.72. The van der Waals surface area contributed by atoms with Crippen LogP contribution in [-0.4, -0.2) is 100 Å². The van der Waals surface area contributed by atoms with Crippen molar-refractivity contribution in [2.75, 3.05) is 38.3 Å². The van der Waals surface area contributed by atoms with Crippen molar-refractivity contribution in [2.24, 2.45) is 17.8 Å². The number of rotatable bonds is 18. The molecule has 1 saturated carbocycles. The summed E-state index contributed by atoms with van der Waals surface area (Å²) in [6.07, 6.45) is 10.2. The smallest absolute Gasteiger partial charge is 0.243 e. The molecular formula is C36H56N4O5S. The predicted molar refractivity (Wildman–Crippen MR) is 185 cm³/mol. The number of carbonyl (C=O) groups is 3. The van der Waals surface area contributed by atoms with Gasteiger partial charge >= 0.3 is 0 Å². The number of thioether (sulfide) groups is 1. The zero-order valence-corrected chi connectivity index (χ0v) is 28.9. The molecule has 0 spiro atoms. The lowest BCUT2D eigenvalue weighted by Crippen LogP contribution is -2.56. The Hall–Kier alpha value is -2.58. The van der Waals surface area contributed by atoms with Crippen molar-refractivity contribution < 1.29 is 24.6 Å². The second-order valence-electron chi connectivity index (χ2n) is 13.6. The lowest BCUT2D eigenvalue weighted by atomic mass is 9.82. The maximum absolute atomic E-state index is 13.8. The summed E-state index contributed by atoms with van der Waals surface area (Å²) in [6, 6.07) is 7.82. The highest BCUT2D eigenvalue weighted by Gasteiger charge is 2.34. The Labute approximate surface area is 280 Å².